The summed E-state index contributed by atoms with van der Waals surface area (Å²) in [6, 6.07) is 0. The lowest BCUT2D eigenvalue weighted by atomic mass is 10.1. The Morgan fingerprint density at radius 3 is 2.67 bits per heavy atom. The Morgan fingerprint density at radius 2 is 2.25 bits per heavy atom. The zero-order valence-electron chi connectivity index (χ0n) is 8.04. The van der Waals surface area contributed by atoms with Crippen LogP contribution in [0.4, 0.5) is 0 Å². The average molecular weight is 191 g/mol. The molecule has 0 amide bonds. The molecule has 0 saturated carbocycles. The maximum atomic E-state index is 11.1. The largest absolute Gasteiger partial charge is 0.466 e. The predicted octanol–water partition coefficient (Wildman–Crippen LogP) is 1.30. The minimum Gasteiger partial charge on any atom is -0.466 e. The molecule has 0 rings (SSSR count). The van der Waals surface area contributed by atoms with Crippen molar-refractivity contribution in [2.75, 3.05) is 20.2 Å². The van der Waals surface area contributed by atoms with Crippen molar-refractivity contribution in [1.29, 1.82) is 0 Å². The zero-order chi connectivity index (χ0) is 9.56. The van der Waals surface area contributed by atoms with Gasteiger partial charge in [-0.2, -0.15) is 0 Å². The highest BCUT2D eigenvalue weighted by Gasteiger charge is 2.13. The van der Waals surface area contributed by atoms with E-state index < -0.39 is 0 Å². The standard InChI is InChI=1S/C8H18NO2P/c1-4-11-8(10)7(2)5-6-9(3)12/h7H,4-6,12H2,1-3H3. The van der Waals surface area contributed by atoms with Crippen molar-refractivity contribution in [2.45, 2.75) is 20.3 Å². The molecule has 0 saturated heterocycles. The van der Waals surface area contributed by atoms with Crippen molar-refractivity contribution in [3.05, 3.63) is 0 Å². The topological polar surface area (TPSA) is 29.5 Å². The number of nitrogens with zero attached hydrogens (tertiary/aromatic N) is 1. The third-order valence-electron chi connectivity index (χ3n) is 1.60. The van der Waals surface area contributed by atoms with Gasteiger partial charge in [-0.15, -0.1) is 0 Å². The van der Waals surface area contributed by atoms with Gasteiger partial charge in [0.25, 0.3) is 0 Å². The molecule has 0 aliphatic rings. The third-order valence-corrected chi connectivity index (χ3v) is 1.86. The molecule has 0 spiro atoms. The lowest BCUT2D eigenvalue weighted by Crippen LogP contribution is -2.19. The van der Waals surface area contributed by atoms with Crippen LogP contribution in [0.5, 0.6) is 0 Å². The van der Waals surface area contributed by atoms with Gasteiger partial charge in [0.15, 0.2) is 0 Å². The van der Waals surface area contributed by atoms with Crippen LogP contribution in [0.15, 0.2) is 0 Å². The van der Waals surface area contributed by atoms with Gasteiger partial charge < -0.3 is 4.74 Å². The Balaban J connectivity index is 3.56. The van der Waals surface area contributed by atoms with Gasteiger partial charge in [-0.25, -0.2) is 0 Å². The molecule has 0 bridgehead atoms. The molecule has 0 N–H and O–H groups in total. The van der Waals surface area contributed by atoms with Crippen molar-refractivity contribution in [1.82, 2.24) is 4.67 Å². The van der Waals surface area contributed by atoms with E-state index in [0.717, 1.165) is 13.0 Å². The molecule has 0 radical (unpaired) electrons. The Kier molecular flexibility index (Phi) is 6.31. The maximum Gasteiger partial charge on any atom is 0.308 e. The second-order valence-electron chi connectivity index (χ2n) is 2.92. The molecular weight excluding hydrogens is 173 g/mol. The number of carbonyl (C=O) groups excluding carboxylic acids is 1. The predicted molar refractivity (Wildman–Crippen MR) is 52.8 cm³/mol. The molecule has 0 aliphatic carbocycles. The van der Waals surface area contributed by atoms with E-state index in [1.807, 2.05) is 25.6 Å². The highest BCUT2D eigenvalue weighted by Crippen LogP contribution is 2.06. The number of esters is 1. The first-order chi connectivity index (χ1) is 5.57. The highest BCUT2D eigenvalue weighted by atomic mass is 31.0. The summed E-state index contributed by atoms with van der Waals surface area (Å²) in [6.45, 7) is 5.09. The molecule has 0 aromatic heterocycles. The Hall–Kier alpha value is -0.140. The second kappa shape index (κ2) is 6.38. The first kappa shape index (κ1) is 11.9. The smallest absolute Gasteiger partial charge is 0.308 e. The fourth-order valence-electron chi connectivity index (χ4n) is 0.800. The van der Waals surface area contributed by atoms with Gasteiger partial charge >= 0.3 is 5.97 Å². The second-order valence-corrected chi connectivity index (χ2v) is 3.80. The molecule has 0 fully saturated rings. The molecular formula is C8H18NO2P. The SMILES string of the molecule is CCOC(=O)C(C)CCN(C)P. The van der Waals surface area contributed by atoms with Crippen molar-refractivity contribution in [3.63, 3.8) is 0 Å². The summed E-state index contributed by atoms with van der Waals surface area (Å²) < 4.78 is 6.85. The lowest BCUT2D eigenvalue weighted by molar-refractivity contribution is -0.147. The molecule has 0 aromatic carbocycles. The Bertz CT molecular complexity index is 139. The van der Waals surface area contributed by atoms with Gasteiger partial charge in [-0.05, 0) is 20.4 Å². The van der Waals surface area contributed by atoms with Crippen LogP contribution in [-0.2, 0) is 9.53 Å². The van der Waals surface area contributed by atoms with Crippen molar-refractivity contribution < 1.29 is 9.53 Å². The quantitative estimate of drug-likeness (QED) is 0.484. The lowest BCUT2D eigenvalue weighted by Gasteiger charge is -2.13. The summed E-state index contributed by atoms with van der Waals surface area (Å²) in [6.07, 6.45) is 0.846. The Labute approximate surface area is 76.7 Å². The average Bonchev–Trinajstić information content (AvgIpc) is 2.00. The van der Waals surface area contributed by atoms with Gasteiger partial charge in [0, 0.05) is 6.54 Å². The molecule has 12 heavy (non-hydrogen) atoms. The Morgan fingerprint density at radius 1 is 1.67 bits per heavy atom. The first-order valence-corrected chi connectivity index (χ1v) is 4.72. The van der Waals surface area contributed by atoms with E-state index in [4.69, 9.17) is 4.74 Å². The van der Waals surface area contributed by atoms with Gasteiger partial charge in [0.05, 0.1) is 12.5 Å². The maximum absolute atomic E-state index is 11.1. The van der Waals surface area contributed by atoms with Gasteiger partial charge in [0.1, 0.15) is 0 Å². The molecule has 0 aliphatic heterocycles. The van der Waals surface area contributed by atoms with E-state index >= 15 is 0 Å². The number of hydrogen-bond donors (Lipinski definition) is 0. The molecule has 2 atom stereocenters. The molecule has 0 aromatic rings. The van der Waals surface area contributed by atoms with Gasteiger partial charge in [0.2, 0.25) is 0 Å². The summed E-state index contributed by atoms with van der Waals surface area (Å²) in [5.74, 6) is -0.0858. The monoisotopic (exact) mass is 191 g/mol. The normalized spacial score (nSPS) is 13.1. The third kappa shape index (κ3) is 5.50. The minimum absolute atomic E-state index is 0.00736. The van der Waals surface area contributed by atoms with E-state index in [9.17, 15) is 4.79 Å². The highest BCUT2D eigenvalue weighted by molar-refractivity contribution is 7.13. The molecule has 72 valence electrons. The fourth-order valence-corrected chi connectivity index (χ4v) is 0.949. The van der Waals surface area contributed by atoms with E-state index in [1.165, 1.54) is 0 Å². The van der Waals surface area contributed by atoms with Crippen molar-refractivity contribution in [2.24, 2.45) is 5.92 Å². The summed E-state index contributed by atoms with van der Waals surface area (Å²) in [5, 5.41) is 0. The number of carbonyl (C=O) groups is 1. The zero-order valence-corrected chi connectivity index (χ0v) is 9.19. The van der Waals surface area contributed by atoms with Gasteiger partial charge in [-0.1, -0.05) is 16.3 Å². The molecule has 0 heterocycles. The van der Waals surface area contributed by atoms with E-state index in [-0.39, 0.29) is 11.9 Å². The fraction of sp³-hybridized carbons (Fsp3) is 0.875. The summed E-state index contributed by atoms with van der Waals surface area (Å²) in [4.78, 5) is 11.1. The number of ether oxygens (including phenoxy) is 1. The van der Waals surface area contributed by atoms with E-state index in [0.29, 0.717) is 6.61 Å². The van der Waals surface area contributed by atoms with Crippen molar-refractivity contribution >= 4 is 15.4 Å². The minimum atomic E-state index is -0.0932. The molecule has 4 heteroatoms. The van der Waals surface area contributed by atoms with Crippen LogP contribution in [0.3, 0.4) is 0 Å². The van der Waals surface area contributed by atoms with Crippen LogP contribution in [0.1, 0.15) is 20.3 Å². The summed E-state index contributed by atoms with van der Waals surface area (Å²) in [5.41, 5.74) is 0. The van der Waals surface area contributed by atoms with Crippen LogP contribution < -0.4 is 0 Å². The number of rotatable bonds is 5. The van der Waals surface area contributed by atoms with Crippen LogP contribution >= 0.6 is 9.39 Å². The molecule has 3 nitrogen and oxygen atoms in total. The first-order valence-electron chi connectivity index (χ1n) is 4.20. The van der Waals surface area contributed by atoms with Crippen molar-refractivity contribution in [3.8, 4) is 0 Å². The van der Waals surface area contributed by atoms with Crippen LogP contribution in [0.2, 0.25) is 0 Å². The molecule has 2 unspecified atom stereocenters. The van der Waals surface area contributed by atoms with Gasteiger partial charge in [-0.3, -0.25) is 9.46 Å². The van der Waals surface area contributed by atoms with Crippen LogP contribution in [0, 0.1) is 5.92 Å². The van der Waals surface area contributed by atoms with Crippen LogP contribution in [0.25, 0.3) is 0 Å². The summed E-state index contributed by atoms with van der Waals surface area (Å²) >= 11 is 0. The van der Waals surface area contributed by atoms with Crippen LogP contribution in [-0.4, -0.2) is 30.8 Å². The number of hydrogen-bond acceptors (Lipinski definition) is 3. The van der Waals surface area contributed by atoms with E-state index in [2.05, 4.69) is 9.39 Å². The van der Waals surface area contributed by atoms with E-state index in [1.54, 1.807) is 0 Å². The summed E-state index contributed by atoms with van der Waals surface area (Å²) in [7, 11) is 4.53.